The summed E-state index contributed by atoms with van der Waals surface area (Å²) >= 11 is 0. The predicted molar refractivity (Wildman–Crippen MR) is 106 cm³/mol. The molecule has 0 saturated heterocycles. The van der Waals surface area contributed by atoms with Crippen molar-refractivity contribution >= 4 is 5.69 Å². The first kappa shape index (κ1) is 20.0. The van der Waals surface area contributed by atoms with E-state index in [1.807, 2.05) is 26.8 Å². The zero-order valence-corrected chi connectivity index (χ0v) is 16.7. The molecule has 2 heterocycles. The molecule has 0 bridgehead atoms. The molecule has 8 nitrogen and oxygen atoms in total. The monoisotopic (exact) mass is 386 g/mol. The van der Waals surface area contributed by atoms with Crippen molar-refractivity contribution in [2.24, 2.45) is 0 Å². The van der Waals surface area contributed by atoms with Gasteiger partial charge < -0.3 is 9.72 Å². The van der Waals surface area contributed by atoms with Crippen LogP contribution in [0.1, 0.15) is 50.3 Å². The van der Waals surface area contributed by atoms with Crippen LogP contribution >= 0.6 is 0 Å². The number of nitrogens with one attached hydrogen (secondary N) is 1. The smallest absolute Gasteiger partial charge is 0.311 e. The first-order chi connectivity index (χ1) is 13.2. The van der Waals surface area contributed by atoms with Crippen LogP contribution in [0.3, 0.4) is 0 Å². The Kier molecular flexibility index (Phi) is 5.51. The Hall–Kier alpha value is -2.74. The molecule has 0 saturated carbocycles. The van der Waals surface area contributed by atoms with Gasteiger partial charge in [0.15, 0.2) is 5.75 Å². The third-order valence-electron chi connectivity index (χ3n) is 4.78. The number of nitro benzene ring substituents is 1. The number of hydrogen-bond donors (Lipinski definition) is 1. The highest BCUT2D eigenvalue weighted by Crippen LogP contribution is 2.29. The fraction of sp³-hybridized carbons (Fsp3) is 0.500. The Labute approximate surface area is 163 Å². The van der Waals surface area contributed by atoms with Crippen LogP contribution in [0.5, 0.6) is 5.75 Å². The van der Waals surface area contributed by atoms with E-state index in [4.69, 9.17) is 4.74 Å². The molecule has 1 N–H and O–H groups in total. The van der Waals surface area contributed by atoms with Crippen molar-refractivity contribution in [1.29, 1.82) is 0 Å². The fourth-order valence-electron chi connectivity index (χ4n) is 3.31. The van der Waals surface area contributed by atoms with Gasteiger partial charge in [0.25, 0.3) is 5.56 Å². The van der Waals surface area contributed by atoms with Crippen molar-refractivity contribution in [3.8, 4) is 5.75 Å². The summed E-state index contributed by atoms with van der Waals surface area (Å²) in [6.45, 7) is 9.96. The first-order valence-corrected chi connectivity index (χ1v) is 9.44. The molecule has 1 aromatic heterocycles. The lowest BCUT2D eigenvalue weighted by Crippen LogP contribution is -2.37. The lowest BCUT2D eigenvalue weighted by Gasteiger charge is -2.29. The van der Waals surface area contributed by atoms with E-state index in [1.165, 1.54) is 0 Å². The van der Waals surface area contributed by atoms with E-state index in [-0.39, 0.29) is 22.4 Å². The van der Waals surface area contributed by atoms with Crippen LogP contribution in [0.2, 0.25) is 0 Å². The van der Waals surface area contributed by atoms with Crippen LogP contribution in [0.4, 0.5) is 5.69 Å². The number of H-pyrrole nitrogens is 1. The van der Waals surface area contributed by atoms with Gasteiger partial charge in [0.05, 0.1) is 22.8 Å². The van der Waals surface area contributed by atoms with E-state index in [9.17, 15) is 14.9 Å². The van der Waals surface area contributed by atoms with Crippen LogP contribution < -0.4 is 10.3 Å². The largest absolute Gasteiger partial charge is 0.487 e. The second-order valence-corrected chi connectivity index (χ2v) is 8.04. The summed E-state index contributed by atoms with van der Waals surface area (Å²) in [5, 5.41) is 11.3. The molecule has 3 rings (SSSR count). The van der Waals surface area contributed by atoms with Gasteiger partial charge in [0, 0.05) is 37.5 Å². The molecule has 0 amide bonds. The Morgan fingerprint density at radius 1 is 1.36 bits per heavy atom. The minimum absolute atomic E-state index is 0.0360. The van der Waals surface area contributed by atoms with Crippen molar-refractivity contribution in [1.82, 2.24) is 14.9 Å². The van der Waals surface area contributed by atoms with Gasteiger partial charge in [-0.05, 0) is 18.6 Å². The Bertz CT molecular complexity index is 946. The zero-order chi connectivity index (χ0) is 20.5. The zero-order valence-electron chi connectivity index (χ0n) is 16.7. The summed E-state index contributed by atoms with van der Waals surface area (Å²) in [4.78, 5) is 33.1. The van der Waals surface area contributed by atoms with Crippen LogP contribution in [0, 0.1) is 10.1 Å². The maximum atomic E-state index is 12.6. The molecule has 1 aromatic carbocycles. The Morgan fingerprint density at radius 3 is 2.75 bits per heavy atom. The van der Waals surface area contributed by atoms with Gasteiger partial charge in [-0.2, -0.15) is 0 Å². The average molecular weight is 386 g/mol. The SMILES string of the molecule is CCOc1ccc(CN2CCc3nc(C(C)(C)C)[nH]c(=O)c3C2)cc1[N+](=O)[O-]. The molecular weight excluding hydrogens is 360 g/mol. The van der Waals surface area contributed by atoms with Gasteiger partial charge in [0.2, 0.25) is 0 Å². The molecule has 1 aliphatic rings. The predicted octanol–water partition coefficient (Wildman–Crippen LogP) is 2.93. The van der Waals surface area contributed by atoms with Crippen LogP contribution in [0.25, 0.3) is 0 Å². The van der Waals surface area contributed by atoms with Crippen LogP contribution in [-0.4, -0.2) is 32.9 Å². The number of nitro groups is 1. The van der Waals surface area contributed by atoms with E-state index in [0.717, 1.165) is 17.8 Å². The van der Waals surface area contributed by atoms with Crippen molar-refractivity contribution in [2.45, 2.75) is 52.6 Å². The molecule has 2 aromatic rings. The fourth-order valence-corrected chi connectivity index (χ4v) is 3.31. The molecule has 0 radical (unpaired) electrons. The summed E-state index contributed by atoms with van der Waals surface area (Å²) in [6, 6.07) is 5.02. The van der Waals surface area contributed by atoms with E-state index in [1.54, 1.807) is 19.1 Å². The van der Waals surface area contributed by atoms with Crippen molar-refractivity contribution in [3.05, 3.63) is 61.3 Å². The molecule has 0 atom stereocenters. The van der Waals surface area contributed by atoms with Gasteiger partial charge in [-0.3, -0.25) is 19.8 Å². The van der Waals surface area contributed by atoms with Gasteiger partial charge >= 0.3 is 5.69 Å². The first-order valence-electron chi connectivity index (χ1n) is 9.44. The number of ether oxygens (including phenoxy) is 1. The molecule has 1 aliphatic heterocycles. The highest BCUT2D eigenvalue weighted by molar-refractivity contribution is 5.48. The van der Waals surface area contributed by atoms with Gasteiger partial charge in [-0.1, -0.05) is 26.8 Å². The second-order valence-electron chi connectivity index (χ2n) is 8.04. The summed E-state index contributed by atoms with van der Waals surface area (Å²) in [7, 11) is 0. The van der Waals surface area contributed by atoms with Crippen molar-refractivity contribution < 1.29 is 9.66 Å². The van der Waals surface area contributed by atoms with Gasteiger partial charge in [0.1, 0.15) is 5.82 Å². The summed E-state index contributed by atoms with van der Waals surface area (Å²) in [5.74, 6) is 0.974. The summed E-state index contributed by atoms with van der Waals surface area (Å²) in [6.07, 6.45) is 0.682. The topological polar surface area (TPSA) is 101 Å². The van der Waals surface area contributed by atoms with E-state index >= 15 is 0 Å². The second kappa shape index (κ2) is 7.71. The average Bonchev–Trinajstić information content (AvgIpc) is 2.62. The van der Waals surface area contributed by atoms with Crippen molar-refractivity contribution in [2.75, 3.05) is 13.2 Å². The Balaban J connectivity index is 1.81. The molecule has 0 aliphatic carbocycles. The number of aromatic nitrogens is 2. The number of rotatable bonds is 5. The number of fused-ring (bicyclic) bond motifs is 1. The van der Waals surface area contributed by atoms with E-state index in [0.29, 0.717) is 37.5 Å². The third-order valence-corrected chi connectivity index (χ3v) is 4.78. The standard InChI is InChI=1S/C20H26N4O4/c1-5-28-17-7-6-13(10-16(17)24(26)27)11-23-9-8-15-14(12-23)18(25)22-19(21-15)20(2,3)4/h6-7,10H,5,8-9,11-12H2,1-4H3,(H,21,22,25). The number of aromatic amines is 1. The summed E-state index contributed by atoms with van der Waals surface area (Å²) < 4.78 is 5.34. The molecule has 150 valence electrons. The minimum Gasteiger partial charge on any atom is -0.487 e. The van der Waals surface area contributed by atoms with Crippen molar-refractivity contribution in [3.63, 3.8) is 0 Å². The van der Waals surface area contributed by atoms with Gasteiger partial charge in [-0.25, -0.2) is 4.98 Å². The molecule has 0 spiro atoms. The molecule has 0 unspecified atom stereocenters. The lowest BCUT2D eigenvalue weighted by atomic mass is 9.95. The maximum Gasteiger partial charge on any atom is 0.311 e. The highest BCUT2D eigenvalue weighted by atomic mass is 16.6. The molecule has 8 heteroatoms. The number of nitrogens with zero attached hydrogens (tertiary/aromatic N) is 3. The van der Waals surface area contributed by atoms with E-state index < -0.39 is 4.92 Å². The normalized spacial score (nSPS) is 14.6. The number of benzene rings is 1. The highest BCUT2D eigenvalue weighted by Gasteiger charge is 2.25. The minimum atomic E-state index is -0.428. The lowest BCUT2D eigenvalue weighted by molar-refractivity contribution is -0.385. The van der Waals surface area contributed by atoms with Crippen LogP contribution in [-0.2, 0) is 24.9 Å². The van der Waals surface area contributed by atoms with Gasteiger partial charge in [-0.15, -0.1) is 0 Å². The van der Waals surface area contributed by atoms with E-state index in [2.05, 4.69) is 14.9 Å². The maximum absolute atomic E-state index is 12.6. The Morgan fingerprint density at radius 2 is 2.11 bits per heavy atom. The molecule has 0 fully saturated rings. The molecular formula is C20H26N4O4. The number of hydrogen-bond acceptors (Lipinski definition) is 6. The quantitative estimate of drug-likeness (QED) is 0.626. The summed E-state index contributed by atoms with van der Waals surface area (Å²) in [5.41, 5.74) is 1.99. The molecule has 28 heavy (non-hydrogen) atoms. The van der Waals surface area contributed by atoms with Crippen LogP contribution in [0.15, 0.2) is 23.0 Å². The third kappa shape index (κ3) is 4.22.